The molecule has 0 atom stereocenters. The summed E-state index contributed by atoms with van der Waals surface area (Å²) >= 11 is 0. The number of rotatable bonds is 4. The average Bonchev–Trinajstić information content (AvgIpc) is 3.33. The number of hydrogen-bond donors (Lipinski definition) is 1. The molecule has 0 saturated heterocycles. The van der Waals surface area contributed by atoms with E-state index in [0.717, 1.165) is 11.1 Å². The molecule has 0 fully saturated rings. The lowest BCUT2D eigenvalue weighted by Crippen LogP contribution is -2.22. The molecule has 0 saturated carbocycles. The van der Waals surface area contributed by atoms with Gasteiger partial charge in [0.15, 0.2) is 5.82 Å². The van der Waals surface area contributed by atoms with Crippen LogP contribution in [0.15, 0.2) is 67.0 Å². The molecule has 0 radical (unpaired) electrons. The first-order valence-electron chi connectivity index (χ1n) is 9.69. The third kappa shape index (κ3) is 3.10. The molecule has 5 aromatic rings. The van der Waals surface area contributed by atoms with Crippen LogP contribution in [0.1, 0.15) is 21.6 Å². The molecule has 1 amide bonds. The fourth-order valence-corrected chi connectivity index (χ4v) is 3.64. The van der Waals surface area contributed by atoms with E-state index < -0.39 is 0 Å². The first-order valence-corrected chi connectivity index (χ1v) is 9.69. The molecule has 0 aliphatic rings. The molecule has 0 unspecified atom stereocenters. The Bertz CT molecular complexity index is 1380. The Kier molecular flexibility index (Phi) is 4.28. The van der Waals surface area contributed by atoms with Gasteiger partial charge in [-0.3, -0.25) is 9.20 Å². The van der Waals surface area contributed by atoms with E-state index >= 15 is 0 Å². The predicted octanol–water partition coefficient (Wildman–Crippen LogP) is 3.52. The summed E-state index contributed by atoms with van der Waals surface area (Å²) in [5.41, 5.74) is 4.94. The lowest BCUT2D eigenvalue weighted by Gasteiger charge is -2.07. The van der Waals surface area contributed by atoms with Crippen LogP contribution >= 0.6 is 0 Å². The SMILES string of the molecule is Cc1cc2cc(CNC(=O)c3ccc(-c4nnc5ncccn45)cc3)ccc2n1C. The van der Waals surface area contributed by atoms with Gasteiger partial charge in [0.1, 0.15) is 0 Å². The largest absolute Gasteiger partial charge is 0.348 e. The van der Waals surface area contributed by atoms with Crippen LogP contribution in [0.4, 0.5) is 0 Å². The van der Waals surface area contributed by atoms with E-state index in [1.807, 2.05) is 28.8 Å². The Hall–Kier alpha value is -4.00. The molecule has 2 aromatic carbocycles. The molecule has 30 heavy (non-hydrogen) atoms. The Labute approximate surface area is 173 Å². The zero-order valence-corrected chi connectivity index (χ0v) is 16.7. The zero-order chi connectivity index (χ0) is 20.7. The third-order valence-corrected chi connectivity index (χ3v) is 5.39. The van der Waals surface area contributed by atoms with Gasteiger partial charge < -0.3 is 9.88 Å². The van der Waals surface area contributed by atoms with Crippen molar-refractivity contribution in [1.82, 2.24) is 29.5 Å². The van der Waals surface area contributed by atoms with Gasteiger partial charge in [0.25, 0.3) is 11.7 Å². The minimum atomic E-state index is -0.112. The number of nitrogens with zero attached hydrogens (tertiary/aromatic N) is 5. The van der Waals surface area contributed by atoms with Gasteiger partial charge in [0, 0.05) is 53.7 Å². The molecule has 7 nitrogen and oxygen atoms in total. The number of fused-ring (bicyclic) bond motifs is 2. The minimum Gasteiger partial charge on any atom is -0.348 e. The number of carbonyl (C=O) groups excluding carboxylic acids is 1. The number of carbonyl (C=O) groups is 1. The van der Waals surface area contributed by atoms with Crippen molar-refractivity contribution in [1.29, 1.82) is 0 Å². The number of benzene rings is 2. The van der Waals surface area contributed by atoms with E-state index in [9.17, 15) is 4.79 Å². The molecular formula is C23H20N6O. The third-order valence-electron chi connectivity index (χ3n) is 5.39. The Morgan fingerprint density at radius 1 is 1.07 bits per heavy atom. The maximum Gasteiger partial charge on any atom is 0.255 e. The molecule has 0 aliphatic carbocycles. The van der Waals surface area contributed by atoms with Crippen LogP contribution in [-0.2, 0) is 13.6 Å². The molecule has 0 spiro atoms. The highest BCUT2D eigenvalue weighted by Crippen LogP contribution is 2.20. The summed E-state index contributed by atoms with van der Waals surface area (Å²) in [6.07, 6.45) is 3.54. The molecular weight excluding hydrogens is 376 g/mol. The van der Waals surface area contributed by atoms with Crippen molar-refractivity contribution in [3.63, 3.8) is 0 Å². The maximum atomic E-state index is 12.6. The summed E-state index contributed by atoms with van der Waals surface area (Å²) in [5.74, 6) is 1.12. The van der Waals surface area contributed by atoms with Crippen LogP contribution in [-0.4, -0.2) is 30.1 Å². The quantitative estimate of drug-likeness (QED) is 0.504. The Balaban J connectivity index is 1.31. The van der Waals surface area contributed by atoms with Crippen molar-refractivity contribution in [2.24, 2.45) is 7.05 Å². The van der Waals surface area contributed by atoms with Crippen LogP contribution in [0.5, 0.6) is 0 Å². The molecule has 5 rings (SSSR count). The lowest BCUT2D eigenvalue weighted by molar-refractivity contribution is 0.0951. The summed E-state index contributed by atoms with van der Waals surface area (Å²) in [5, 5.41) is 12.4. The van der Waals surface area contributed by atoms with E-state index in [4.69, 9.17) is 0 Å². The van der Waals surface area contributed by atoms with E-state index in [-0.39, 0.29) is 5.91 Å². The summed E-state index contributed by atoms with van der Waals surface area (Å²) in [6, 6.07) is 17.6. The van der Waals surface area contributed by atoms with E-state index in [1.165, 1.54) is 16.6 Å². The second-order valence-corrected chi connectivity index (χ2v) is 7.31. The van der Waals surface area contributed by atoms with Gasteiger partial charge in [-0.15, -0.1) is 10.2 Å². The van der Waals surface area contributed by atoms with Crippen LogP contribution < -0.4 is 5.32 Å². The van der Waals surface area contributed by atoms with Gasteiger partial charge in [-0.25, -0.2) is 4.98 Å². The second-order valence-electron chi connectivity index (χ2n) is 7.31. The first kappa shape index (κ1) is 18.1. The first-order chi connectivity index (χ1) is 14.6. The predicted molar refractivity (Wildman–Crippen MR) is 115 cm³/mol. The molecule has 148 valence electrons. The van der Waals surface area contributed by atoms with Crippen LogP contribution in [0.2, 0.25) is 0 Å². The molecule has 3 aromatic heterocycles. The van der Waals surface area contributed by atoms with Gasteiger partial charge in [-0.2, -0.15) is 0 Å². The van der Waals surface area contributed by atoms with Crippen molar-refractivity contribution < 1.29 is 4.79 Å². The van der Waals surface area contributed by atoms with Crippen molar-refractivity contribution >= 4 is 22.6 Å². The summed E-state index contributed by atoms with van der Waals surface area (Å²) in [4.78, 5) is 16.8. The number of aromatic nitrogens is 5. The number of hydrogen-bond acceptors (Lipinski definition) is 4. The fraction of sp³-hybridized carbons (Fsp3) is 0.130. The average molecular weight is 396 g/mol. The van der Waals surface area contributed by atoms with Gasteiger partial charge in [-0.1, -0.05) is 18.2 Å². The molecule has 0 aliphatic heterocycles. The van der Waals surface area contributed by atoms with E-state index in [2.05, 4.69) is 63.3 Å². The van der Waals surface area contributed by atoms with Crippen LogP contribution in [0.3, 0.4) is 0 Å². The molecule has 0 bridgehead atoms. The van der Waals surface area contributed by atoms with E-state index in [0.29, 0.717) is 23.7 Å². The number of aryl methyl sites for hydroxylation is 2. The lowest BCUT2D eigenvalue weighted by atomic mass is 10.1. The van der Waals surface area contributed by atoms with Gasteiger partial charge in [-0.05, 0) is 48.9 Å². The van der Waals surface area contributed by atoms with Gasteiger partial charge >= 0.3 is 0 Å². The van der Waals surface area contributed by atoms with Gasteiger partial charge in [0.2, 0.25) is 0 Å². The van der Waals surface area contributed by atoms with Crippen molar-refractivity contribution in [2.45, 2.75) is 13.5 Å². The van der Waals surface area contributed by atoms with Crippen LogP contribution in [0.25, 0.3) is 28.1 Å². The van der Waals surface area contributed by atoms with E-state index in [1.54, 1.807) is 18.3 Å². The number of nitrogens with one attached hydrogen (secondary N) is 1. The Morgan fingerprint density at radius 2 is 1.90 bits per heavy atom. The Morgan fingerprint density at radius 3 is 2.73 bits per heavy atom. The maximum absolute atomic E-state index is 12.6. The summed E-state index contributed by atoms with van der Waals surface area (Å²) < 4.78 is 3.98. The highest BCUT2D eigenvalue weighted by atomic mass is 16.1. The number of amides is 1. The molecule has 1 N–H and O–H groups in total. The summed E-state index contributed by atoms with van der Waals surface area (Å²) in [7, 11) is 2.06. The van der Waals surface area contributed by atoms with Crippen LogP contribution in [0, 0.1) is 6.92 Å². The minimum absolute atomic E-state index is 0.112. The fourth-order valence-electron chi connectivity index (χ4n) is 3.64. The highest BCUT2D eigenvalue weighted by Gasteiger charge is 2.11. The monoisotopic (exact) mass is 396 g/mol. The summed E-state index contributed by atoms with van der Waals surface area (Å²) in [6.45, 7) is 2.56. The van der Waals surface area contributed by atoms with Gasteiger partial charge in [0.05, 0.1) is 0 Å². The van der Waals surface area contributed by atoms with Crippen molar-refractivity contribution in [3.8, 4) is 11.4 Å². The second kappa shape index (κ2) is 7.11. The molecule has 3 heterocycles. The smallest absolute Gasteiger partial charge is 0.255 e. The van der Waals surface area contributed by atoms with Crippen molar-refractivity contribution in [3.05, 3.63) is 83.8 Å². The molecule has 7 heteroatoms. The normalized spacial score (nSPS) is 11.3. The van der Waals surface area contributed by atoms with Crippen molar-refractivity contribution in [2.75, 3.05) is 0 Å². The standard InChI is InChI=1S/C23H20N6O/c1-15-12-19-13-16(4-9-20(19)28(15)2)14-25-22(30)18-7-5-17(6-8-18)21-26-27-23-24-10-3-11-29(21)23/h3-13H,14H2,1-2H3,(H,25,30). The zero-order valence-electron chi connectivity index (χ0n) is 16.7. The highest BCUT2D eigenvalue weighted by molar-refractivity contribution is 5.94. The topological polar surface area (TPSA) is 77.1 Å².